The molecule has 1 N–H and O–H groups in total. The van der Waals surface area contributed by atoms with Crippen LogP contribution in [0.4, 0.5) is 5.69 Å². The molecule has 0 aliphatic carbocycles. The summed E-state index contributed by atoms with van der Waals surface area (Å²) in [5.41, 5.74) is 0.705. The summed E-state index contributed by atoms with van der Waals surface area (Å²) < 4.78 is 5.10. The van der Waals surface area contributed by atoms with Gasteiger partial charge >= 0.3 is 0 Å². The third kappa shape index (κ3) is 6.67. The Morgan fingerprint density at radius 2 is 1.58 bits per heavy atom. The molecular weight excluding hydrogens is 330 g/mol. The summed E-state index contributed by atoms with van der Waals surface area (Å²) in [6.45, 7) is 8.69. The Bertz CT molecular complexity index is 564. The lowest BCUT2D eigenvalue weighted by Gasteiger charge is -2.35. The van der Waals surface area contributed by atoms with Crippen LogP contribution in [0.15, 0.2) is 24.3 Å². The van der Waals surface area contributed by atoms with Gasteiger partial charge in [-0.05, 0) is 58.0 Å². The van der Waals surface area contributed by atoms with E-state index in [9.17, 15) is 9.59 Å². The molecule has 0 bridgehead atoms. The largest absolute Gasteiger partial charge is 0.497 e. The van der Waals surface area contributed by atoms with Crippen LogP contribution < -0.4 is 10.1 Å². The van der Waals surface area contributed by atoms with Crippen molar-refractivity contribution in [2.75, 3.05) is 32.6 Å². The normalized spacial score (nSPS) is 13.2. The summed E-state index contributed by atoms with van der Waals surface area (Å²) in [7, 11) is 3.39. The lowest BCUT2D eigenvalue weighted by molar-refractivity contribution is -0.136. The maximum absolute atomic E-state index is 12.7. The van der Waals surface area contributed by atoms with E-state index in [0.717, 1.165) is 18.6 Å². The average Bonchev–Trinajstić information content (AvgIpc) is 2.61. The van der Waals surface area contributed by atoms with Crippen molar-refractivity contribution in [2.24, 2.45) is 0 Å². The predicted octanol–water partition coefficient (Wildman–Crippen LogP) is 2.99. The van der Waals surface area contributed by atoms with Crippen LogP contribution in [0, 0.1) is 0 Å². The van der Waals surface area contributed by atoms with Gasteiger partial charge in [0.15, 0.2) is 0 Å². The zero-order valence-corrected chi connectivity index (χ0v) is 16.9. The van der Waals surface area contributed by atoms with Crippen molar-refractivity contribution in [3.8, 4) is 5.75 Å². The molecule has 0 unspecified atom stereocenters. The molecule has 6 heteroatoms. The highest BCUT2D eigenvalue weighted by Crippen LogP contribution is 2.15. The van der Waals surface area contributed by atoms with Gasteiger partial charge in [0.05, 0.1) is 20.2 Å². The molecule has 26 heavy (non-hydrogen) atoms. The van der Waals surface area contributed by atoms with Crippen molar-refractivity contribution in [3.63, 3.8) is 0 Å². The van der Waals surface area contributed by atoms with Crippen LogP contribution in [0.5, 0.6) is 5.75 Å². The van der Waals surface area contributed by atoms with Crippen LogP contribution >= 0.6 is 0 Å². The molecule has 1 aromatic rings. The second-order valence-electron chi connectivity index (χ2n) is 6.76. The lowest BCUT2D eigenvalue weighted by Crippen LogP contribution is -2.49. The van der Waals surface area contributed by atoms with Crippen LogP contribution in [0.2, 0.25) is 0 Å². The molecule has 0 spiro atoms. The van der Waals surface area contributed by atoms with Gasteiger partial charge in [0.25, 0.3) is 0 Å². The van der Waals surface area contributed by atoms with E-state index in [1.165, 1.54) is 0 Å². The topological polar surface area (TPSA) is 61.9 Å². The Kier molecular flexibility index (Phi) is 9.13. The average molecular weight is 364 g/mol. The Morgan fingerprint density at radius 3 is 2.04 bits per heavy atom. The molecule has 2 amide bonds. The first kappa shape index (κ1) is 22.0. The van der Waals surface area contributed by atoms with E-state index >= 15 is 0 Å². The highest BCUT2D eigenvalue weighted by molar-refractivity contribution is 5.92. The van der Waals surface area contributed by atoms with Crippen molar-refractivity contribution in [1.29, 1.82) is 0 Å². The highest BCUT2D eigenvalue weighted by Gasteiger charge is 2.24. The van der Waals surface area contributed by atoms with Gasteiger partial charge in [-0.15, -0.1) is 0 Å². The van der Waals surface area contributed by atoms with E-state index in [4.69, 9.17) is 4.74 Å². The van der Waals surface area contributed by atoms with Crippen molar-refractivity contribution in [1.82, 2.24) is 9.80 Å². The Morgan fingerprint density at radius 1 is 1.04 bits per heavy atom. The van der Waals surface area contributed by atoms with Crippen molar-refractivity contribution in [2.45, 2.75) is 52.6 Å². The molecule has 1 rings (SSSR count). The van der Waals surface area contributed by atoms with Crippen molar-refractivity contribution >= 4 is 17.5 Å². The van der Waals surface area contributed by atoms with Gasteiger partial charge in [-0.2, -0.15) is 0 Å². The Balaban J connectivity index is 2.58. The van der Waals surface area contributed by atoms with E-state index in [2.05, 4.69) is 33.0 Å². The van der Waals surface area contributed by atoms with Crippen LogP contribution in [-0.2, 0) is 9.59 Å². The minimum absolute atomic E-state index is 0.0634. The second kappa shape index (κ2) is 10.8. The van der Waals surface area contributed by atoms with E-state index in [-0.39, 0.29) is 37.0 Å². The van der Waals surface area contributed by atoms with E-state index in [0.29, 0.717) is 5.69 Å². The van der Waals surface area contributed by atoms with Crippen molar-refractivity contribution < 1.29 is 14.3 Å². The summed E-state index contributed by atoms with van der Waals surface area (Å²) in [6, 6.07) is 7.54. The number of amides is 2. The number of nitrogens with zero attached hydrogens (tertiary/aromatic N) is 2. The number of ether oxygens (including phenoxy) is 1. The number of likely N-dealkylation sites (N-methyl/N-ethyl adjacent to an activating group) is 1. The third-order valence-electron chi connectivity index (χ3n) is 4.61. The van der Waals surface area contributed by atoms with Crippen LogP contribution in [-0.4, -0.2) is 60.9 Å². The molecule has 6 nitrogen and oxygen atoms in total. The summed E-state index contributed by atoms with van der Waals surface area (Å²) in [5, 5.41) is 2.83. The summed E-state index contributed by atoms with van der Waals surface area (Å²) in [4.78, 5) is 28.6. The Hall–Kier alpha value is -2.08. The minimum Gasteiger partial charge on any atom is -0.497 e. The molecule has 0 aliphatic heterocycles. The minimum atomic E-state index is -0.149. The van der Waals surface area contributed by atoms with E-state index in [1.807, 2.05) is 4.90 Å². The molecule has 0 saturated heterocycles. The van der Waals surface area contributed by atoms with Crippen LogP contribution in [0.25, 0.3) is 0 Å². The molecule has 2 atom stereocenters. The standard InChI is InChI=1S/C20H33N3O3/c1-7-15(3)23(16(4)8-2)20(25)14-22(5)13-19(24)21-17-9-11-18(26-6)12-10-17/h9-12,15-16H,7-8,13-14H2,1-6H3,(H,21,24)/t15-,16-/m1/s1. The highest BCUT2D eigenvalue weighted by atomic mass is 16.5. The fourth-order valence-electron chi connectivity index (χ4n) is 2.81. The number of carbonyl (C=O) groups is 2. The number of hydrogen-bond acceptors (Lipinski definition) is 4. The van der Waals surface area contributed by atoms with Crippen LogP contribution in [0.3, 0.4) is 0 Å². The summed E-state index contributed by atoms with van der Waals surface area (Å²) in [6.07, 6.45) is 1.83. The smallest absolute Gasteiger partial charge is 0.238 e. The summed E-state index contributed by atoms with van der Waals surface area (Å²) in [5.74, 6) is 0.651. The van der Waals surface area contributed by atoms with Gasteiger partial charge in [-0.25, -0.2) is 0 Å². The van der Waals surface area contributed by atoms with E-state index in [1.54, 1.807) is 43.3 Å². The third-order valence-corrected chi connectivity index (χ3v) is 4.61. The number of hydrogen-bond donors (Lipinski definition) is 1. The van der Waals surface area contributed by atoms with Crippen LogP contribution in [0.1, 0.15) is 40.5 Å². The molecule has 0 radical (unpaired) electrons. The van der Waals surface area contributed by atoms with Gasteiger partial charge in [-0.1, -0.05) is 13.8 Å². The summed E-state index contributed by atoms with van der Waals surface area (Å²) >= 11 is 0. The molecule has 0 fully saturated rings. The van der Waals surface area contributed by atoms with Gasteiger partial charge in [0.2, 0.25) is 11.8 Å². The van der Waals surface area contributed by atoms with Crippen molar-refractivity contribution in [3.05, 3.63) is 24.3 Å². The maximum atomic E-state index is 12.7. The molecule has 0 aliphatic rings. The number of nitrogens with one attached hydrogen (secondary N) is 1. The quantitative estimate of drug-likeness (QED) is 0.694. The number of methoxy groups -OCH3 is 1. The molecule has 0 heterocycles. The van der Waals surface area contributed by atoms with Gasteiger partial charge in [0.1, 0.15) is 5.75 Å². The predicted molar refractivity (Wildman–Crippen MR) is 105 cm³/mol. The number of benzene rings is 1. The number of carbonyl (C=O) groups excluding carboxylic acids is 2. The zero-order chi connectivity index (χ0) is 19.7. The molecular formula is C20H33N3O3. The molecule has 0 aromatic heterocycles. The van der Waals surface area contributed by atoms with Gasteiger partial charge in [-0.3, -0.25) is 14.5 Å². The van der Waals surface area contributed by atoms with Gasteiger partial charge < -0.3 is 15.0 Å². The molecule has 146 valence electrons. The first-order valence-electron chi connectivity index (χ1n) is 9.25. The van der Waals surface area contributed by atoms with Gasteiger partial charge in [0, 0.05) is 17.8 Å². The lowest BCUT2D eigenvalue weighted by atomic mass is 10.1. The SMILES string of the molecule is CC[C@@H](C)N(C(=O)CN(C)CC(=O)Nc1ccc(OC)cc1)[C@H](C)CC. The number of rotatable bonds is 10. The first-order chi connectivity index (χ1) is 12.3. The fraction of sp³-hybridized carbons (Fsp3) is 0.600. The Labute approximate surface area is 157 Å². The molecule has 0 saturated carbocycles. The fourth-order valence-corrected chi connectivity index (χ4v) is 2.81. The van der Waals surface area contributed by atoms with E-state index < -0.39 is 0 Å². The zero-order valence-electron chi connectivity index (χ0n) is 16.9. The first-order valence-corrected chi connectivity index (χ1v) is 9.25. The number of anilines is 1. The maximum Gasteiger partial charge on any atom is 0.238 e. The second-order valence-corrected chi connectivity index (χ2v) is 6.76. The molecule has 1 aromatic carbocycles. The monoisotopic (exact) mass is 363 g/mol.